The Morgan fingerprint density at radius 3 is 2.71 bits per heavy atom. The third kappa shape index (κ3) is 4.43. The molecule has 4 nitrogen and oxygen atoms in total. The average molecular weight is 257 g/mol. The number of benzene rings is 1. The Balaban J connectivity index is 2.86. The summed E-state index contributed by atoms with van der Waals surface area (Å²) in [5.41, 5.74) is 1.56. The molecule has 2 N–H and O–H groups in total. The first-order valence-corrected chi connectivity index (χ1v) is 6.80. The molecule has 0 saturated heterocycles. The molecular weight excluding hydrogens is 239 g/mol. The number of aromatic hydroxyl groups is 1. The Labute approximate surface area is 102 Å². The Morgan fingerprint density at radius 2 is 2.18 bits per heavy atom. The van der Waals surface area contributed by atoms with Crippen molar-refractivity contribution in [3.63, 3.8) is 0 Å². The third-order valence-corrected chi connectivity index (χ3v) is 3.06. The highest BCUT2D eigenvalue weighted by Gasteiger charge is 2.24. The van der Waals surface area contributed by atoms with E-state index in [9.17, 15) is 9.67 Å². The molecule has 0 heterocycles. The van der Waals surface area contributed by atoms with Gasteiger partial charge in [0.15, 0.2) is 0 Å². The minimum atomic E-state index is -2.61. The van der Waals surface area contributed by atoms with E-state index in [1.807, 2.05) is 0 Å². The van der Waals surface area contributed by atoms with Gasteiger partial charge >= 0.3 is 8.25 Å². The fourth-order valence-electron chi connectivity index (χ4n) is 1.66. The van der Waals surface area contributed by atoms with Gasteiger partial charge in [0.25, 0.3) is 0 Å². The molecule has 0 amide bonds. The zero-order chi connectivity index (χ0) is 12.8. The number of hydrogen-bond donors (Lipinski definition) is 2. The molecule has 0 saturated carbocycles. The van der Waals surface area contributed by atoms with Crippen molar-refractivity contribution in [2.45, 2.75) is 39.2 Å². The molecule has 1 aromatic carbocycles. The van der Waals surface area contributed by atoms with Crippen LogP contribution in [0.3, 0.4) is 0 Å². The molecule has 0 aliphatic carbocycles. The van der Waals surface area contributed by atoms with Crippen molar-refractivity contribution >= 4 is 8.25 Å². The van der Waals surface area contributed by atoms with Crippen LogP contribution in [0, 0.1) is 6.92 Å². The lowest BCUT2D eigenvalue weighted by Crippen LogP contribution is -2.00. The number of phenols is 1. The molecule has 0 aliphatic rings. The fourth-order valence-corrected chi connectivity index (χ4v) is 2.10. The van der Waals surface area contributed by atoms with Gasteiger partial charge in [0.05, 0.1) is 0 Å². The second-order valence-electron chi connectivity index (χ2n) is 4.02. The predicted octanol–water partition coefficient (Wildman–Crippen LogP) is 3.60. The van der Waals surface area contributed by atoms with Crippen molar-refractivity contribution in [3.8, 4) is 5.75 Å². The standard InChI is InChI=1S/C12H17O4P/c1-3-4-5-12(16-17(14)15)10-6-7-11(13)9(2)8-10/h6-8,12H,3-5H2,1-2H3,(H-,13,14,15)/p+1. The first kappa shape index (κ1) is 14.1. The molecule has 0 aromatic heterocycles. The fraction of sp³-hybridized carbons (Fsp3) is 0.500. The zero-order valence-corrected chi connectivity index (χ0v) is 11.0. The van der Waals surface area contributed by atoms with Crippen LogP contribution in [-0.4, -0.2) is 10.00 Å². The van der Waals surface area contributed by atoms with Gasteiger partial charge in [-0.25, -0.2) is 0 Å². The number of hydrogen-bond acceptors (Lipinski definition) is 3. The van der Waals surface area contributed by atoms with Crippen LogP contribution in [0.4, 0.5) is 0 Å². The number of phenolic OH excluding ortho intramolecular Hbond substituents is 1. The molecule has 0 bridgehead atoms. The van der Waals surface area contributed by atoms with Crippen LogP contribution in [0.25, 0.3) is 0 Å². The summed E-state index contributed by atoms with van der Waals surface area (Å²) in [5, 5.41) is 9.44. The summed E-state index contributed by atoms with van der Waals surface area (Å²) in [6.45, 7) is 3.84. The molecule has 5 heteroatoms. The summed E-state index contributed by atoms with van der Waals surface area (Å²) in [6, 6.07) is 5.09. The van der Waals surface area contributed by atoms with Gasteiger partial charge in [0.2, 0.25) is 0 Å². The van der Waals surface area contributed by atoms with Crippen molar-refractivity contribution in [2.75, 3.05) is 0 Å². The third-order valence-electron chi connectivity index (χ3n) is 2.63. The van der Waals surface area contributed by atoms with E-state index in [4.69, 9.17) is 9.42 Å². The zero-order valence-electron chi connectivity index (χ0n) is 10.1. The molecule has 0 fully saturated rings. The van der Waals surface area contributed by atoms with E-state index in [2.05, 4.69) is 6.92 Å². The van der Waals surface area contributed by atoms with Crippen molar-refractivity contribution in [2.24, 2.45) is 0 Å². The molecule has 2 atom stereocenters. The van der Waals surface area contributed by atoms with E-state index in [0.29, 0.717) is 6.42 Å². The maximum atomic E-state index is 10.8. The van der Waals surface area contributed by atoms with Gasteiger partial charge in [-0.1, -0.05) is 25.8 Å². The first-order chi connectivity index (χ1) is 8.04. The SMILES string of the molecule is CCCCC(O[P+](=O)O)c1ccc(O)c(C)c1. The lowest BCUT2D eigenvalue weighted by Gasteiger charge is -2.11. The summed E-state index contributed by atoms with van der Waals surface area (Å²) in [4.78, 5) is 8.84. The van der Waals surface area contributed by atoms with Crippen molar-refractivity contribution in [1.29, 1.82) is 0 Å². The minimum Gasteiger partial charge on any atom is -0.508 e. The van der Waals surface area contributed by atoms with Crippen LogP contribution in [0.2, 0.25) is 0 Å². The molecule has 1 rings (SSSR count). The van der Waals surface area contributed by atoms with E-state index in [-0.39, 0.29) is 11.9 Å². The highest BCUT2D eigenvalue weighted by atomic mass is 31.1. The van der Waals surface area contributed by atoms with E-state index in [1.54, 1.807) is 25.1 Å². The smallest absolute Gasteiger partial charge is 0.508 e. The molecule has 2 unspecified atom stereocenters. The van der Waals surface area contributed by atoms with Crippen LogP contribution in [-0.2, 0) is 9.09 Å². The van der Waals surface area contributed by atoms with E-state index >= 15 is 0 Å². The van der Waals surface area contributed by atoms with Gasteiger partial charge in [0, 0.05) is 4.57 Å². The Bertz CT molecular complexity index is 392. The number of unbranched alkanes of at least 4 members (excludes halogenated alkanes) is 1. The lowest BCUT2D eigenvalue weighted by molar-refractivity contribution is 0.179. The Hall–Kier alpha value is -0.960. The molecule has 0 spiro atoms. The van der Waals surface area contributed by atoms with Crippen LogP contribution < -0.4 is 0 Å². The quantitative estimate of drug-likeness (QED) is 0.764. The highest BCUT2D eigenvalue weighted by molar-refractivity contribution is 7.32. The van der Waals surface area contributed by atoms with Crippen LogP contribution in [0.5, 0.6) is 5.75 Å². The van der Waals surface area contributed by atoms with Crippen LogP contribution in [0.15, 0.2) is 18.2 Å². The highest BCUT2D eigenvalue weighted by Crippen LogP contribution is 2.34. The second kappa shape index (κ2) is 6.70. The molecule has 94 valence electrons. The first-order valence-electron chi connectivity index (χ1n) is 5.67. The Kier molecular flexibility index (Phi) is 5.56. The summed E-state index contributed by atoms with van der Waals surface area (Å²) >= 11 is 0. The maximum absolute atomic E-state index is 10.8. The van der Waals surface area contributed by atoms with E-state index in [0.717, 1.165) is 24.0 Å². The minimum absolute atomic E-state index is 0.219. The van der Waals surface area contributed by atoms with Crippen molar-refractivity contribution in [3.05, 3.63) is 29.3 Å². The second-order valence-corrected chi connectivity index (χ2v) is 4.71. The number of rotatable bonds is 6. The molecule has 0 radical (unpaired) electrons. The molecular formula is C12H18O4P+. The molecule has 1 aromatic rings. The summed E-state index contributed by atoms with van der Waals surface area (Å²) in [5.74, 6) is 0.219. The summed E-state index contributed by atoms with van der Waals surface area (Å²) in [7, 11) is -2.61. The monoisotopic (exact) mass is 257 g/mol. The lowest BCUT2D eigenvalue weighted by atomic mass is 10.0. The van der Waals surface area contributed by atoms with Gasteiger partial charge in [-0.15, -0.1) is 9.42 Å². The van der Waals surface area contributed by atoms with Gasteiger partial charge in [-0.2, -0.15) is 0 Å². The Morgan fingerprint density at radius 1 is 1.47 bits per heavy atom. The molecule has 17 heavy (non-hydrogen) atoms. The average Bonchev–Trinajstić information content (AvgIpc) is 2.27. The van der Waals surface area contributed by atoms with Crippen LogP contribution >= 0.6 is 8.25 Å². The van der Waals surface area contributed by atoms with Gasteiger partial charge < -0.3 is 5.11 Å². The van der Waals surface area contributed by atoms with Gasteiger partial charge in [0.1, 0.15) is 11.9 Å². The van der Waals surface area contributed by atoms with E-state index in [1.165, 1.54) is 0 Å². The largest absolute Gasteiger partial charge is 0.695 e. The summed E-state index contributed by atoms with van der Waals surface area (Å²) in [6.07, 6.45) is 2.23. The predicted molar refractivity (Wildman–Crippen MR) is 66.0 cm³/mol. The van der Waals surface area contributed by atoms with Crippen LogP contribution in [0.1, 0.15) is 43.4 Å². The van der Waals surface area contributed by atoms with Gasteiger partial charge in [-0.05, 0) is 36.6 Å². The van der Waals surface area contributed by atoms with Crippen molar-refractivity contribution < 1.29 is 19.1 Å². The normalized spacial score (nSPS) is 13.5. The van der Waals surface area contributed by atoms with Gasteiger partial charge in [-0.3, -0.25) is 0 Å². The number of aryl methyl sites for hydroxylation is 1. The van der Waals surface area contributed by atoms with E-state index < -0.39 is 8.25 Å². The topological polar surface area (TPSA) is 66.8 Å². The molecule has 0 aliphatic heterocycles. The van der Waals surface area contributed by atoms with Crippen molar-refractivity contribution in [1.82, 2.24) is 0 Å². The summed E-state index contributed by atoms with van der Waals surface area (Å²) < 4.78 is 15.8. The maximum Gasteiger partial charge on any atom is 0.695 e.